The average Bonchev–Trinajstić information content (AvgIpc) is 3.19. The first-order valence-electron chi connectivity index (χ1n) is 10.9. The molecule has 0 unspecified atom stereocenters. The van der Waals surface area contributed by atoms with Crippen molar-refractivity contribution in [3.63, 3.8) is 0 Å². The Morgan fingerprint density at radius 1 is 0.806 bits per heavy atom. The van der Waals surface area contributed by atoms with E-state index in [1.165, 1.54) is 37.9 Å². The number of halogens is 2. The van der Waals surface area contributed by atoms with Crippen LogP contribution in [-0.2, 0) is 6.54 Å². The van der Waals surface area contributed by atoms with Gasteiger partial charge in [-0.1, -0.05) is 47.8 Å². The maximum absolute atomic E-state index is 6.69. The second-order valence-electron chi connectivity index (χ2n) is 8.24. The average molecular weight is 450 g/mol. The second kappa shape index (κ2) is 9.04. The predicted octanol–water partition coefficient (Wildman–Crippen LogP) is 7.16. The summed E-state index contributed by atoms with van der Waals surface area (Å²) in [6.45, 7) is 4.44. The molecule has 1 aliphatic rings. The van der Waals surface area contributed by atoms with E-state index in [4.69, 9.17) is 23.2 Å². The minimum absolute atomic E-state index is 0.733. The molecule has 0 bridgehead atoms. The quantitative estimate of drug-likeness (QED) is 0.322. The fourth-order valence-electron chi connectivity index (χ4n) is 4.53. The molecule has 2 aromatic carbocycles. The third kappa shape index (κ3) is 4.36. The molecule has 0 amide bonds. The van der Waals surface area contributed by atoms with Crippen LogP contribution in [0.25, 0.3) is 33.2 Å². The van der Waals surface area contributed by atoms with E-state index in [1.54, 1.807) is 0 Å². The Morgan fingerprint density at radius 2 is 1.58 bits per heavy atom. The van der Waals surface area contributed by atoms with Gasteiger partial charge in [-0.25, -0.2) is 0 Å². The molecule has 31 heavy (non-hydrogen) atoms. The van der Waals surface area contributed by atoms with Crippen LogP contribution in [-0.4, -0.2) is 34.1 Å². The van der Waals surface area contributed by atoms with Crippen molar-refractivity contribution in [1.82, 2.24) is 14.5 Å². The number of benzene rings is 2. The van der Waals surface area contributed by atoms with E-state index in [1.807, 2.05) is 48.8 Å². The van der Waals surface area contributed by atoms with Gasteiger partial charge < -0.3 is 9.47 Å². The molecule has 0 saturated carbocycles. The van der Waals surface area contributed by atoms with E-state index in [-0.39, 0.29) is 0 Å². The van der Waals surface area contributed by atoms with Crippen LogP contribution in [0.3, 0.4) is 0 Å². The van der Waals surface area contributed by atoms with E-state index in [0.29, 0.717) is 0 Å². The van der Waals surface area contributed by atoms with Crippen molar-refractivity contribution < 1.29 is 0 Å². The highest BCUT2D eigenvalue weighted by Crippen LogP contribution is 2.36. The molecule has 1 fully saturated rings. The van der Waals surface area contributed by atoms with Gasteiger partial charge >= 0.3 is 0 Å². The third-order valence-corrected chi connectivity index (χ3v) is 6.75. The number of piperidine rings is 1. The molecule has 0 aliphatic carbocycles. The first-order chi connectivity index (χ1) is 15.2. The molecule has 1 saturated heterocycles. The summed E-state index contributed by atoms with van der Waals surface area (Å²) >= 11 is 12.8. The number of likely N-dealkylation sites (tertiary alicyclic amines) is 1. The molecule has 0 radical (unpaired) electrons. The van der Waals surface area contributed by atoms with Crippen LogP contribution in [0.5, 0.6) is 0 Å². The van der Waals surface area contributed by atoms with Crippen molar-refractivity contribution in [2.45, 2.75) is 25.8 Å². The normalized spacial score (nSPS) is 14.9. The van der Waals surface area contributed by atoms with Crippen molar-refractivity contribution in [2.24, 2.45) is 0 Å². The van der Waals surface area contributed by atoms with Gasteiger partial charge in [0.25, 0.3) is 0 Å². The van der Waals surface area contributed by atoms with Gasteiger partial charge in [0.1, 0.15) is 0 Å². The van der Waals surface area contributed by atoms with Crippen LogP contribution in [0.2, 0.25) is 10.0 Å². The standard InChI is InChI=1S/C26H25Cl2N3/c27-22-9-7-19(8-10-22)20-15-21(17-29-16-20)23-18-31(14-13-30-11-2-1-3-12-30)25-6-4-5-24(28)26(23)25/h4-10,15-18H,1-3,11-14H2. The van der Waals surface area contributed by atoms with E-state index >= 15 is 0 Å². The molecule has 0 N–H and O–H groups in total. The van der Waals surface area contributed by atoms with E-state index in [9.17, 15) is 0 Å². The number of fused-ring (bicyclic) bond motifs is 1. The Bertz CT molecular complexity index is 1190. The summed E-state index contributed by atoms with van der Waals surface area (Å²) in [5, 5.41) is 2.61. The first-order valence-corrected chi connectivity index (χ1v) is 11.7. The number of hydrogen-bond acceptors (Lipinski definition) is 2. The maximum Gasteiger partial charge on any atom is 0.0506 e. The number of pyridine rings is 1. The summed E-state index contributed by atoms with van der Waals surface area (Å²) < 4.78 is 2.35. The van der Waals surface area contributed by atoms with Gasteiger partial charge in [0.15, 0.2) is 0 Å². The Morgan fingerprint density at radius 3 is 2.39 bits per heavy atom. The molecule has 3 heterocycles. The Kier molecular flexibility index (Phi) is 5.99. The Labute approximate surface area is 193 Å². The predicted molar refractivity (Wildman–Crippen MR) is 131 cm³/mol. The van der Waals surface area contributed by atoms with Gasteiger partial charge in [-0.3, -0.25) is 4.98 Å². The molecule has 0 atom stereocenters. The Balaban J connectivity index is 1.52. The monoisotopic (exact) mass is 449 g/mol. The maximum atomic E-state index is 6.69. The molecule has 3 nitrogen and oxygen atoms in total. The topological polar surface area (TPSA) is 21.1 Å². The van der Waals surface area contributed by atoms with E-state index in [2.05, 4.69) is 32.8 Å². The summed E-state index contributed by atoms with van der Waals surface area (Å²) in [6, 6.07) is 16.2. The third-order valence-electron chi connectivity index (χ3n) is 6.19. The lowest BCUT2D eigenvalue weighted by Gasteiger charge is -2.26. The van der Waals surface area contributed by atoms with Gasteiger partial charge in [-0.15, -0.1) is 0 Å². The molecular formula is C26H25Cl2N3. The summed E-state index contributed by atoms with van der Waals surface area (Å²) in [7, 11) is 0. The molecule has 5 rings (SSSR count). The number of nitrogens with zero attached hydrogens (tertiary/aromatic N) is 3. The minimum Gasteiger partial charge on any atom is -0.346 e. The van der Waals surface area contributed by atoms with Crippen LogP contribution >= 0.6 is 23.2 Å². The largest absolute Gasteiger partial charge is 0.346 e. The summed E-state index contributed by atoms with van der Waals surface area (Å²) in [4.78, 5) is 7.10. The lowest BCUT2D eigenvalue weighted by atomic mass is 10.0. The molecule has 2 aromatic heterocycles. The minimum atomic E-state index is 0.733. The highest BCUT2D eigenvalue weighted by molar-refractivity contribution is 6.36. The lowest BCUT2D eigenvalue weighted by molar-refractivity contribution is 0.222. The summed E-state index contributed by atoms with van der Waals surface area (Å²) in [6.07, 6.45) is 10.0. The van der Waals surface area contributed by atoms with Crippen molar-refractivity contribution >= 4 is 34.1 Å². The number of rotatable bonds is 5. The summed E-state index contributed by atoms with van der Waals surface area (Å²) in [5.41, 5.74) is 5.54. The zero-order valence-corrected chi connectivity index (χ0v) is 18.9. The van der Waals surface area contributed by atoms with Crippen LogP contribution in [0.4, 0.5) is 0 Å². The highest BCUT2D eigenvalue weighted by Gasteiger charge is 2.16. The van der Waals surface area contributed by atoms with Gasteiger partial charge in [0.2, 0.25) is 0 Å². The van der Waals surface area contributed by atoms with Gasteiger partial charge in [0, 0.05) is 58.8 Å². The van der Waals surface area contributed by atoms with Crippen LogP contribution in [0.15, 0.2) is 67.1 Å². The van der Waals surface area contributed by atoms with Crippen molar-refractivity contribution in [3.05, 3.63) is 77.2 Å². The van der Waals surface area contributed by atoms with E-state index in [0.717, 1.165) is 50.8 Å². The molecular weight excluding hydrogens is 425 g/mol. The smallest absolute Gasteiger partial charge is 0.0506 e. The number of aromatic nitrogens is 2. The molecule has 1 aliphatic heterocycles. The first kappa shape index (κ1) is 20.6. The van der Waals surface area contributed by atoms with Crippen molar-refractivity contribution in [1.29, 1.82) is 0 Å². The fraction of sp³-hybridized carbons (Fsp3) is 0.269. The SMILES string of the molecule is Clc1ccc(-c2cncc(-c3cn(CCN4CCCCC4)c4cccc(Cl)c34)c2)cc1. The van der Waals surface area contributed by atoms with Crippen molar-refractivity contribution in [2.75, 3.05) is 19.6 Å². The molecule has 5 heteroatoms. The van der Waals surface area contributed by atoms with Crippen LogP contribution in [0, 0.1) is 0 Å². The van der Waals surface area contributed by atoms with Gasteiger partial charge in [-0.05, 0) is 61.8 Å². The fourth-order valence-corrected chi connectivity index (χ4v) is 4.93. The molecule has 0 spiro atoms. The van der Waals surface area contributed by atoms with Crippen LogP contribution in [0.1, 0.15) is 19.3 Å². The molecule has 4 aromatic rings. The lowest BCUT2D eigenvalue weighted by Crippen LogP contribution is -2.32. The van der Waals surface area contributed by atoms with Gasteiger partial charge in [-0.2, -0.15) is 0 Å². The van der Waals surface area contributed by atoms with Crippen LogP contribution < -0.4 is 0 Å². The summed E-state index contributed by atoms with van der Waals surface area (Å²) in [5.74, 6) is 0. The number of hydrogen-bond donors (Lipinski definition) is 0. The zero-order chi connectivity index (χ0) is 21.2. The zero-order valence-electron chi connectivity index (χ0n) is 17.4. The Hall–Kier alpha value is -2.33. The second-order valence-corrected chi connectivity index (χ2v) is 9.09. The molecule has 158 valence electrons. The highest BCUT2D eigenvalue weighted by atomic mass is 35.5. The van der Waals surface area contributed by atoms with Gasteiger partial charge in [0.05, 0.1) is 10.5 Å². The van der Waals surface area contributed by atoms with Crippen molar-refractivity contribution in [3.8, 4) is 22.3 Å². The van der Waals surface area contributed by atoms with E-state index < -0.39 is 0 Å².